The van der Waals surface area contributed by atoms with Crippen LogP contribution >= 0.6 is 11.3 Å². The number of aryl methyl sites for hydroxylation is 1. The van der Waals surface area contributed by atoms with Gasteiger partial charge in [0.1, 0.15) is 10.8 Å². The van der Waals surface area contributed by atoms with E-state index in [1.165, 1.54) is 27.1 Å². The second-order valence-electron chi connectivity index (χ2n) is 10.2. The number of nitrogens with zero attached hydrogens (tertiary/aromatic N) is 2. The van der Waals surface area contributed by atoms with Crippen LogP contribution < -0.4 is 10.1 Å². The molecule has 5 rings (SSSR count). The Kier molecular flexibility index (Phi) is 7.73. The summed E-state index contributed by atoms with van der Waals surface area (Å²) in [6, 6.07) is 13.3. The minimum absolute atomic E-state index is 0.162. The third-order valence-electron chi connectivity index (χ3n) is 7.19. The first-order chi connectivity index (χ1) is 17.5. The van der Waals surface area contributed by atoms with Crippen LogP contribution in [0, 0.1) is 0 Å². The predicted molar refractivity (Wildman–Crippen MR) is 148 cm³/mol. The molecule has 190 valence electrons. The number of carbonyl (C=O) groups excluding carboxylic acids is 1. The number of carbonyl (C=O) groups is 1. The van der Waals surface area contributed by atoms with Gasteiger partial charge in [-0.2, -0.15) is 0 Å². The molecule has 1 saturated heterocycles. The molecule has 1 aliphatic heterocycles. The molecule has 0 unspecified atom stereocenters. The molecule has 0 saturated carbocycles. The Labute approximate surface area is 218 Å². The zero-order chi connectivity index (χ0) is 25.1. The number of hydrogen-bond donors (Lipinski definition) is 1. The highest BCUT2D eigenvalue weighted by Crippen LogP contribution is 2.41. The number of nitrogens with one attached hydrogen (secondary N) is 1. The molecule has 0 bridgehead atoms. The van der Waals surface area contributed by atoms with Gasteiger partial charge in [0, 0.05) is 30.9 Å². The first-order valence-electron chi connectivity index (χ1n) is 13.4. The van der Waals surface area contributed by atoms with Crippen molar-refractivity contribution in [2.75, 3.05) is 19.6 Å². The van der Waals surface area contributed by atoms with E-state index in [0.717, 1.165) is 67.9 Å². The maximum Gasteiger partial charge on any atom is 0.236 e. The third kappa shape index (κ3) is 5.35. The lowest BCUT2D eigenvalue weighted by Crippen LogP contribution is -2.37. The number of amides is 1. The molecule has 36 heavy (non-hydrogen) atoms. The van der Waals surface area contributed by atoms with Crippen molar-refractivity contribution in [3.05, 3.63) is 59.3 Å². The van der Waals surface area contributed by atoms with Crippen LogP contribution in [0.3, 0.4) is 0 Å². The molecule has 6 heteroatoms. The molecule has 1 aliphatic carbocycles. The Balaban J connectivity index is 1.34. The largest absolute Gasteiger partial charge is 0.491 e. The van der Waals surface area contributed by atoms with Crippen LogP contribution in [-0.2, 0) is 17.6 Å². The lowest BCUT2D eigenvalue weighted by Gasteiger charge is -2.19. The Morgan fingerprint density at radius 3 is 2.83 bits per heavy atom. The lowest BCUT2D eigenvalue weighted by atomic mass is 10.0. The lowest BCUT2D eigenvalue weighted by molar-refractivity contribution is -0.129. The van der Waals surface area contributed by atoms with Gasteiger partial charge in [0.15, 0.2) is 0 Å². The number of ether oxygens (including phenoxy) is 1. The van der Waals surface area contributed by atoms with Crippen molar-refractivity contribution in [3.63, 3.8) is 0 Å². The van der Waals surface area contributed by atoms with Gasteiger partial charge in [-0.3, -0.25) is 4.79 Å². The molecular formula is C30H37N3O2S. The van der Waals surface area contributed by atoms with Crippen LogP contribution in [0.4, 0.5) is 0 Å². The van der Waals surface area contributed by atoms with E-state index in [0.29, 0.717) is 6.54 Å². The van der Waals surface area contributed by atoms with Crippen molar-refractivity contribution in [3.8, 4) is 26.8 Å². The zero-order valence-electron chi connectivity index (χ0n) is 21.7. The minimum Gasteiger partial charge on any atom is -0.491 e. The summed E-state index contributed by atoms with van der Waals surface area (Å²) in [5.74, 6) is 1.21. The standard InChI is InChI=1S/C30H37N3O2S/c1-4-8-21-17-22(11-14-27(21)35-20(2)3)30-32-18-28(36-30)25-10-7-9-24-23(25)12-13-26(24)31-19-29(34)33-15-5-6-16-33/h7,9-11,14,17-18,20,26,31H,4-6,8,12-13,15-16,19H2,1-3H3/t26-/m0/s1. The van der Waals surface area contributed by atoms with E-state index in [4.69, 9.17) is 9.72 Å². The predicted octanol–water partition coefficient (Wildman–Crippen LogP) is 6.42. The molecule has 0 spiro atoms. The maximum atomic E-state index is 12.5. The van der Waals surface area contributed by atoms with Crippen molar-refractivity contribution in [1.82, 2.24) is 15.2 Å². The molecule has 2 aliphatic rings. The zero-order valence-corrected chi connectivity index (χ0v) is 22.5. The van der Waals surface area contributed by atoms with Gasteiger partial charge in [-0.25, -0.2) is 4.98 Å². The Hall–Kier alpha value is -2.70. The molecule has 3 aromatic rings. The average Bonchev–Trinajstić information content (AvgIpc) is 3.64. The van der Waals surface area contributed by atoms with Crippen molar-refractivity contribution >= 4 is 17.2 Å². The summed E-state index contributed by atoms with van der Waals surface area (Å²) >= 11 is 1.75. The normalized spacial score (nSPS) is 17.1. The fourth-order valence-corrected chi connectivity index (χ4v) is 6.43. The number of likely N-dealkylation sites (tertiary alicyclic amines) is 1. The molecule has 2 aromatic carbocycles. The van der Waals surface area contributed by atoms with Crippen LogP contribution in [0.25, 0.3) is 21.0 Å². The second-order valence-corrected chi connectivity index (χ2v) is 11.2. The SMILES string of the molecule is CCCc1cc(-c2ncc(-c3cccc4c3CC[C@@H]4NCC(=O)N3CCCC3)s2)ccc1OC(C)C. The van der Waals surface area contributed by atoms with Crippen LogP contribution in [0.5, 0.6) is 5.75 Å². The third-order valence-corrected chi connectivity index (χ3v) is 8.27. The van der Waals surface area contributed by atoms with E-state index < -0.39 is 0 Å². The molecule has 1 aromatic heterocycles. The van der Waals surface area contributed by atoms with Crippen molar-refractivity contribution in [2.24, 2.45) is 0 Å². The fourth-order valence-electron chi connectivity index (χ4n) is 5.46. The van der Waals surface area contributed by atoms with Gasteiger partial charge < -0.3 is 15.0 Å². The highest BCUT2D eigenvalue weighted by atomic mass is 32.1. The van der Waals surface area contributed by atoms with E-state index >= 15 is 0 Å². The molecule has 1 N–H and O–H groups in total. The number of fused-ring (bicyclic) bond motifs is 1. The first kappa shape index (κ1) is 25.0. The van der Waals surface area contributed by atoms with E-state index in [-0.39, 0.29) is 18.1 Å². The first-order valence-corrected chi connectivity index (χ1v) is 14.2. The van der Waals surface area contributed by atoms with Crippen LogP contribution in [0.1, 0.15) is 69.2 Å². The molecule has 1 atom stereocenters. The molecule has 0 radical (unpaired) electrons. The highest BCUT2D eigenvalue weighted by molar-refractivity contribution is 7.18. The number of hydrogen-bond acceptors (Lipinski definition) is 5. The number of aromatic nitrogens is 1. The van der Waals surface area contributed by atoms with Gasteiger partial charge in [0.05, 0.1) is 17.5 Å². The fraction of sp³-hybridized carbons (Fsp3) is 0.467. The summed E-state index contributed by atoms with van der Waals surface area (Å²) in [4.78, 5) is 20.5. The van der Waals surface area contributed by atoms with Crippen molar-refractivity contribution in [1.29, 1.82) is 0 Å². The number of thiazole rings is 1. The quantitative estimate of drug-likeness (QED) is 0.366. The summed E-state index contributed by atoms with van der Waals surface area (Å²) in [7, 11) is 0. The summed E-state index contributed by atoms with van der Waals surface area (Å²) in [6.45, 7) is 8.59. The van der Waals surface area contributed by atoms with E-state index in [2.05, 4.69) is 62.5 Å². The van der Waals surface area contributed by atoms with Crippen molar-refractivity contribution in [2.45, 2.75) is 71.4 Å². The summed E-state index contributed by atoms with van der Waals surface area (Å²) in [5.41, 5.74) is 6.40. The van der Waals surface area contributed by atoms with Gasteiger partial charge in [-0.1, -0.05) is 31.5 Å². The molecule has 2 heterocycles. The van der Waals surface area contributed by atoms with Gasteiger partial charge in [0.25, 0.3) is 0 Å². The average molecular weight is 504 g/mol. The number of rotatable bonds is 9. The van der Waals surface area contributed by atoms with Gasteiger partial charge in [0.2, 0.25) is 5.91 Å². The summed E-state index contributed by atoms with van der Waals surface area (Å²) in [5, 5.41) is 4.59. The Bertz CT molecular complexity index is 1210. The van der Waals surface area contributed by atoms with E-state index in [1.54, 1.807) is 11.3 Å². The molecule has 5 nitrogen and oxygen atoms in total. The van der Waals surface area contributed by atoms with E-state index in [9.17, 15) is 4.79 Å². The van der Waals surface area contributed by atoms with E-state index in [1.807, 2.05) is 11.1 Å². The Morgan fingerprint density at radius 2 is 2.06 bits per heavy atom. The number of benzene rings is 2. The molecule has 1 amide bonds. The topological polar surface area (TPSA) is 54.5 Å². The smallest absolute Gasteiger partial charge is 0.236 e. The molecule has 1 fully saturated rings. The van der Waals surface area contributed by atoms with Crippen molar-refractivity contribution < 1.29 is 9.53 Å². The minimum atomic E-state index is 0.162. The summed E-state index contributed by atoms with van der Waals surface area (Å²) < 4.78 is 6.04. The monoisotopic (exact) mass is 503 g/mol. The van der Waals surface area contributed by atoms with Crippen LogP contribution in [0.2, 0.25) is 0 Å². The molecular weight excluding hydrogens is 466 g/mol. The van der Waals surface area contributed by atoms with Crippen LogP contribution in [0.15, 0.2) is 42.6 Å². The maximum absolute atomic E-state index is 12.5. The van der Waals surface area contributed by atoms with Crippen LogP contribution in [-0.4, -0.2) is 41.5 Å². The summed E-state index contributed by atoms with van der Waals surface area (Å²) in [6.07, 6.45) is 8.58. The highest BCUT2D eigenvalue weighted by Gasteiger charge is 2.27. The van der Waals surface area contributed by atoms with Gasteiger partial charge >= 0.3 is 0 Å². The van der Waals surface area contributed by atoms with Gasteiger partial charge in [-0.05, 0) is 86.4 Å². The second kappa shape index (κ2) is 11.1. The van der Waals surface area contributed by atoms with Gasteiger partial charge in [-0.15, -0.1) is 11.3 Å². The Morgan fingerprint density at radius 1 is 1.22 bits per heavy atom.